The number of thiol groups is 1. The van der Waals surface area contributed by atoms with E-state index in [-0.39, 0.29) is 9.93 Å². The molecule has 1 aliphatic rings. The van der Waals surface area contributed by atoms with Crippen LogP contribution in [0.15, 0.2) is 29.2 Å². The van der Waals surface area contributed by atoms with E-state index < -0.39 is 0 Å². The minimum Gasteiger partial charge on any atom is -0.327 e. The third kappa shape index (κ3) is 1.12. The summed E-state index contributed by atoms with van der Waals surface area (Å²) in [6.07, 6.45) is 0. The van der Waals surface area contributed by atoms with Gasteiger partial charge in [0.25, 0.3) is 0 Å². The van der Waals surface area contributed by atoms with E-state index in [1.54, 1.807) is 0 Å². The molecule has 0 amide bonds. The topological polar surface area (TPSA) is 3.24 Å². The van der Waals surface area contributed by atoms with Gasteiger partial charge in [0, 0.05) is 7.05 Å². The number of hydrogen-bond acceptors (Lipinski definition) is 2. The fraction of sp³-hybridized carbons (Fsp3) is 0.250. The summed E-state index contributed by atoms with van der Waals surface area (Å²) in [7, 11) is 2.26. The summed E-state index contributed by atoms with van der Waals surface area (Å²) in [6, 6.07) is 8.47. The van der Waals surface area contributed by atoms with Crippen LogP contribution < -0.4 is 4.90 Å². The molecule has 11 heavy (non-hydrogen) atoms. The van der Waals surface area contributed by atoms with Crippen molar-refractivity contribution in [3.63, 3.8) is 0 Å². The van der Waals surface area contributed by atoms with Gasteiger partial charge >= 0.3 is 0 Å². The first-order valence-electron chi connectivity index (χ1n) is 3.49. The molecule has 2 rings (SSSR count). The van der Waals surface area contributed by atoms with Crippen LogP contribution in [-0.2, 0) is 9.93 Å². The standard InChI is InChI=1S/C8H10NS2/c1-9-6-11(10)8-5-3-2-4-7(8)9/h2-5,10H,6H2,1H3/q+1. The van der Waals surface area contributed by atoms with Crippen molar-refractivity contribution in [2.24, 2.45) is 0 Å². The highest BCUT2D eigenvalue weighted by atomic mass is 33.1. The molecule has 0 bridgehead atoms. The molecule has 1 aliphatic heterocycles. The maximum absolute atomic E-state index is 4.52. The normalized spacial score (nSPS) is 22.0. The van der Waals surface area contributed by atoms with E-state index in [1.807, 2.05) is 0 Å². The van der Waals surface area contributed by atoms with Crippen LogP contribution in [0.4, 0.5) is 5.69 Å². The second-order valence-corrected chi connectivity index (χ2v) is 5.41. The van der Waals surface area contributed by atoms with Crippen LogP contribution in [0.25, 0.3) is 0 Å². The summed E-state index contributed by atoms with van der Waals surface area (Å²) in [5, 5.41) is 0. The Morgan fingerprint density at radius 2 is 2.18 bits per heavy atom. The first kappa shape index (κ1) is 7.37. The zero-order valence-corrected chi connectivity index (χ0v) is 8.03. The molecule has 1 nitrogen and oxygen atoms in total. The molecule has 0 N–H and O–H groups in total. The van der Waals surface area contributed by atoms with Crippen LogP contribution in [0.3, 0.4) is 0 Å². The Hall–Kier alpha value is -0.280. The molecule has 1 atom stereocenters. The third-order valence-corrected chi connectivity index (χ3v) is 4.27. The average Bonchev–Trinajstić information content (AvgIpc) is 2.30. The number of rotatable bonds is 0. The largest absolute Gasteiger partial charge is 0.327 e. The van der Waals surface area contributed by atoms with Crippen LogP contribution in [-0.4, -0.2) is 12.9 Å². The van der Waals surface area contributed by atoms with Crippen LogP contribution in [0.5, 0.6) is 0 Å². The average molecular weight is 184 g/mol. The number of anilines is 1. The van der Waals surface area contributed by atoms with E-state index >= 15 is 0 Å². The van der Waals surface area contributed by atoms with Crippen molar-refractivity contribution in [3.8, 4) is 0 Å². The molecular weight excluding hydrogens is 174 g/mol. The SMILES string of the molecule is CN1C[S+](S)c2ccccc21. The molecule has 0 saturated carbocycles. The van der Waals surface area contributed by atoms with E-state index in [0.29, 0.717) is 0 Å². The van der Waals surface area contributed by atoms with Gasteiger partial charge in [0.1, 0.15) is 9.93 Å². The Balaban J connectivity index is 2.52. The Bertz CT molecular complexity index is 248. The van der Waals surface area contributed by atoms with Gasteiger partial charge in [-0.05, 0) is 12.1 Å². The smallest absolute Gasteiger partial charge is 0.198 e. The van der Waals surface area contributed by atoms with Gasteiger partial charge < -0.3 is 4.90 Å². The van der Waals surface area contributed by atoms with Crippen molar-refractivity contribution in [1.82, 2.24) is 0 Å². The Morgan fingerprint density at radius 1 is 1.45 bits per heavy atom. The first-order valence-corrected chi connectivity index (χ1v) is 5.94. The number of fused-ring (bicyclic) bond motifs is 1. The lowest BCUT2D eigenvalue weighted by molar-refractivity contribution is 1.10. The summed E-state index contributed by atoms with van der Waals surface area (Å²) < 4.78 is 0. The molecule has 1 aromatic rings. The molecule has 0 fully saturated rings. The molecule has 1 aromatic carbocycles. The zero-order chi connectivity index (χ0) is 7.84. The maximum atomic E-state index is 4.52. The molecule has 0 aliphatic carbocycles. The van der Waals surface area contributed by atoms with Gasteiger partial charge in [0.05, 0.1) is 17.3 Å². The van der Waals surface area contributed by atoms with Crippen LogP contribution in [0.1, 0.15) is 0 Å². The van der Waals surface area contributed by atoms with Gasteiger partial charge in [-0.1, -0.05) is 12.1 Å². The van der Waals surface area contributed by atoms with Gasteiger partial charge in [0.15, 0.2) is 10.8 Å². The summed E-state index contributed by atoms with van der Waals surface area (Å²) in [6.45, 7) is 0. The minimum absolute atomic E-state index is 0.142. The summed E-state index contributed by atoms with van der Waals surface area (Å²) in [5.41, 5.74) is 1.34. The molecule has 3 heteroatoms. The van der Waals surface area contributed by atoms with Crippen molar-refractivity contribution >= 4 is 27.3 Å². The van der Waals surface area contributed by atoms with E-state index in [9.17, 15) is 0 Å². The number of para-hydroxylation sites is 1. The summed E-state index contributed by atoms with van der Waals surface area (Å²) in [5.74, 6) is 1.06. The van der Waals surface area contributed by atoms with E-state index in [4.69, 9.17) is 0 Å². The highest BCUT2D eigenvalue weighted by Crippen LogP contribution is 2.35. The molecule has 0 radical (unpaired) electrons. The van der Waals surface area contributed by atoms with Gasteiger partial charge in [-0.2, -0.15) is 0 Å². The highest BCUT2D eigenvalue weighted by molar-refractivity contribution is 8.66. The minimum atomic E-state index is 0.142. The van der Waals surface area contributed by atoms with Gasteiger partial charge in [-0.3, -0.25) is 0 Å². The fourth-order valence-electron chi connectivity index (χ4n) is 1.29. The Morgan fingerprint density at radius 3 is 2.91 bits per heavy atom. The van der Waals surface area contributed by atoms with Gasteiger partial charge in [-0.15, -0.1) is 0 Å². The molecule has 1 heterocycles. The van der Waals surface area contributed by atoms with E-state index in [2.05, 4.69) is 47.9 Å². The van der Waals surface area contributed by atoms with Crippen molar-refractivity contribution in [3.05, 3.63) is 24.3 Å². The van der Waals surface area contributed by atoms with E-state index in [1.165, 1.54) is 10.6 Å². The lowest BCUT2D eigenvalue weighted by atomic mass is 10.3. The predicted molar refractivity (Wildman–Crippen MR) is 54.3 cm³/mol. The first-order chi connectivity index (χ1) is 5.29. The summed E-state index contributed by atoms with van der Waals surface area (Å²) in [4.78, 5) is 3.64. The fourth-order valence-corrected chi connectivity index (χ4v) is 3.62. The van der Waals surface area contributed by atoms with Gasteiger partial charge in [0.2, 0.25) is 0 Å². The number of nitrogens with zero attached hydrogens (tertiary/aromatic N) is 1. The van der Waals surface area contributed by atoms with Crippen molar-refractivity contribution < 1.29 is 0 Å². The Labute approximate surface area is 74.6 Å². The molecule has 58 valence electrons. The number of hydrogen-bond donors (Lipinski definition) is 1. The van der Waals surface area contributed by atoms with Crippen molar-refractivity contribution in [1.29, 1.82) is 0 Å². The second kappa shape index (κ2) is 2.64. The monoisotopic (exact) mass is 184 g/mol. The lowest BCUT2D eigenvalue weighted by Gasteiger charge is -2.04. The quantitative estimate of drug-likeness (QED) is 0.366. The lowest BCUT2D eigenvalue weighted by Crippen LogP contribution is -2.14. The highest BCUT2D eigenvalue weighted by Gasteiger charge is 2.32. The van der Waals surface area contributed by atoms with Gasteiger partial charge in [-0.25, -0.2) is 0 Å². The van der Waals surface area contributed by atoms with E-state index in [0.717, 1.165) is 5.88 Å². The molecule has 0 aromatic heterocycles. The number of benzene rings is 1. The van der Waals surface area contributed by atoms with Crippen LogP contribution in [0.2, 0.25) is 0 Å². The molecular formula is C8H10NS2+. The Kier molecular flexibility index (Phi) is 1.77. The maximum Gasteiger partial charge on any atom is 0.198 e. The van der Waals surface area contributed by atoms with Crippen molar-refractivity contribution in [2.45, 2.75) is 4.90 Å². The molecule has 0 spiro atoms. The third-order valence-electron chi connectivity index (χ3n) is 1.85. The molecule has 1 unspecified atom stereocenters. The summed E-state index contributed by atoms with van der Waals surface area (Å²) >= 11 is 4.52. The molecule has 0 saturated heterocycles. The second-order valence-electron chi connectivity index (χ2n) is 2.66. The predicted octanol–water partition coefficient (Wildman–Crippen LogP) is 1.92. The van der Waals surface area contributed by atoms with Crippen LogP contribution >= 0.6 is 11.7 Å². The van der Waals surface area contributed by atoms with Crippen LogP contribution in [0, 0.1) is 0 Å². The zero-order valence-electron chi connectivity index (χ0n) is 6.32. The van der Waals surface area contributed by atoms with Crippen molar-refractivity contribution in [2.75, 3.05) is 17.8 Å².